The number of carbonyl (C=O) groups is 2. The first-order chi connectivity index (χ1) is 12.6. The third-order valence-corrected chi connectivity index (χ3v) is 5.61. The lowest BCUT2D eigenvalue weighted by molar-refractivity contribution is -0.122. The van der Waals surface area contributed by atoms with Gasteiger partial charge in [0.1, 0.15) is 0 Å². The molecule has 26 heavy (non-hydrogen) atoms. The number of amides is 2. The van der Waals surface area contributed by atoms with Gasteiger partial charge in [0, 0.05) is 35.2 Å². The molecule has 1 atom stereocenters. The predicted octanol–water partition coefficient (Wildman–Crippen LogP) is 4.50. The Balaban J connectivity index is 1.61. The number of aryl methyl sites for hydroxylation is 1. The topological polar surface area (TPSA) is 49.4 Å². The fourth-order valence-corrected chi connectivity index (χ4v) is 4.26. The summed E-state index contributed by atoms with van der Waals surface area (Å²) >= 11 is 1.79. The van der Waals surface area contributed by atoms with Crippen molar-refractivity contribution in [3.63, 3.8) is 0 Å². The van der Waals surface area contributed by atoms with Gasteiger partial charge in [-0.3, -0.25) is 9.59 Å². The number of carbonyl (C=O) groups excluding carboxylic acids is 2. The van der Waals surface area contributed by atoms with Crippen molar-refractivity contribution in [2.75, 3.05) is 16.8 Å². The molecule has 4 nitrogen and oxygen atoms in total. The average molecular weight is 369 g/mol. The summed E-state index contributed by atoms with van der Waals surface area (Å²) in [6.07, 6.45) is 1.26. The second-order valence-electron chi connectivity index (χ2n) is 6.46. The third-order valence-electron chi connectivity index (χ3n) is 4.46. The first kappa shape index (κ1) is 18.5. The van der Waals surface area contributed by atoms with Crippen molar-refractivity contribution in [2.45, 2.75) is 43.3 Å². The van der Waals surface area contributed by atoms with Crippen molar-refractivity contribution in [1.29, 1.82) is 0 Å². The smallest absolute Gasteiger partial charge is 0.227 e. The average Bonchev–Trinajstić information content (AvgIpc) is 2.65. The molecule has 136 valence electrons. The van der Waals surface area contributed by atoms with Gasteiger partial charge in [0.25, 0.3) is 0 Å². The van der Waals surface area contributed by atoms with Crippen LogP contribution in [0.4, 0.5) is 11.4 Å². The Morgan fingerprint density at radius 3 is 2.65 bits per heavy atom. The summed E-state index contributed by atoms with van der Waals surface area (Å²) in [6, 6.07) is 15.7. The largest absolute Gasteiger partial charge is 0.326 e. The number of hydrogen-bond donors (Lipinski definition) is 1. The van der Waals surface area contributed by atoms with Crippen molar-refractivity contribution in [3.05, 3.63) is 54.1 Å². The Kier molecular flexibility index (Phi) is 5.99. The van der Waals surface area contributed by atoms with E-state index in [-0.39, 0.29) is 24.7 Å². The SMILES string of the molecule is CCc1ccccc1NC(=O)CCC(=O)N1CC(C)Sc2ccccc21. The highest BCUT2D eigenvalue weighted by atomic mass is 32.2. The standard InChI is InChI=1S/C21H24N2O2S/c1-3-16-8-4-5-9-17(16)22-20(24)12-13-21(25)23-14-15(2)26-19-11-7-6-10-18(19)23/h4-11,15H,3,12-14H2,1-2H3,(H,22,24). The van der Waals surface area contributed by atoms with E-state index in [1.165, 1.54) is 0 Å². The Morgan fingerprint density at radius 2 is 1.85 bits per heavy atom. The summed E-state index contributed by atoms with van der Waals surface area (Å²) in [7, 11) is 0. The van der Waals surface area contributed by atoms with E-state index in [0.717, 1.165) is 28.3 Å². The summed E-state index contributed by atoms with van der Waals surface area (Å²) in [6.45, 7) is 4.86. The van der Waals surface area contributed by atoms with Crippen LogP contribution < -0.4 is 10.2 Å². The molecule has 1 unspecified atom stereocenters. The minimum atomic E-state index is -0.119. The molecule has 0 spiro atoms. The van der Waals surface area contributed by atoms with Crippen LogP contribution in [0.15, 0.2) is 53.4 Å². The molecule has 1 aliphatic rings. The molecule has 0 radical (unpaired) electrons. The van der Waals surface area contributed by atoms with Crippen LogP contribution >= 0.6 is 11.8 Å². The van der Waals surface area contributed by atoms with Gasteiger partial charge in [-0.15, -0.1) is 11.8 Å². The van der Waals surface area contributed by atoms with Crippen molar-refractivity contribution in [2.24, 2.45) is 0 Å². The minimum absolute atomic E-state index is 0.00327. The fourth-order valence-electron chi connectivity index (χ4n) is 3.14. The summed E-state index contributed by atoms with van der Waals surface area (Å²) in [5, 5.41) is 3.28. The first-order valence-corrected chi connectivity index (χ1v) is 9.90. The molecule has 5 heteroatoms. The van der Waals surface area contributed by atoms with Gasteiger partial charge < -0.3 is 10.2 Å². The minimum Gasteiger partial charge on any atom is -0.326 e. The lowest BCUT2D eigenvalue weighted by Crippen LogP contribution is -2.38. The van der Waals surface area contributed by atoms with Gasteiger partial charge in [-0.25, -0.2) is 0 Å². The van der Waals surface area contributed by atoms with Gasteiger partial charge in [0.05, 0.1) is 5.69 Å². The summed E-state index contributed by atoms with van der Waals surface area (Å²) in [5.41, 5.74) is 2.89. The van der Waals surface area contributed by atoms with E-state index in [0.29, 0.717) is 11.8 Å². The van der Waals surface area contributed by atoms with Crippen molar-refractivity contribution >= 4 is 35.0 Å². The number of anilines is 2. The third kappa shape index (κ3) is 4.28. The molecule has 0 aliphatic carbocycles. The number of para-hydroxylation sites is 2. The first-order valence-electron chi connectivity index (χ1n) is 9.02. The number of benzene rings is 2. The Hall–Kier alpha value is -2.27. The molecule has 0 fully saturated rings. The van der Waals surface area contributed by atoms with E-state index in [4.69, 9.17) is 0 Å². The van der Waals surface area contributed by atoms with E-state index in [9.17, 15) is 9.59 Å². The molecular weight excluding hydrogens is 344 g/mol. The molecule has 0 saturated carbocycles. The molecule has 2 aromatic carbocycles. The zero-order valence-corrected chi connectivity index (χ0v) is 16.0. The predicted molar refractivity (Wildman–Crippen MR) is 108 cm³/mol. The zero-order valence-electron chi connectivity index (χ0n) is 15.2. The molecule has 2 amide bonds. The molecule has 3 rings (SSSR count). The van der Waals surface area contributed by atoms with Crippen LogP contribution in [0.25, 0.3) is 0 Å². The number of nitrogens with one attached hydrogen (secondary N) is 1. The number of thioether (sulfide) groups is 1. The monoisotopic (exact) mass is 368 g/mol. The van der Waals surface area contributed by atoms with Gasteiger partial charge in [0.15, 0.2) is 0 Å². The van der Waals surface area contributed by atoms with E-state index >= 15 is 0 Å². The quantitative estimate of drug-likeness (QED) is 0.846. The molecule has 1 N–H and O–H groups in total. The molecule has 0 aromatic heterocycles. The second-order valence-corrected chi connectivity index (χ2v) is 7.94. The molecule has 0 bridgehead atoms. The van der Waals surface area contributed by atoms with Gasteiger partial charge in [-0.2, -0.15) is 0 Å². The lowest BCUT2D eigenvalue weighted by atomic mass is 10.1. The molecule has 1 aliphatic heterocycles. The lowest BCUT2D eigenvalue weighted by Gasteiger charge is -2.32. The van der Waals surface area contributed by atoms with Crippen LogP contribution in [0.3, 0.4) is 0 Å². The van der Waals surface area contributed by atoms with E-state index in [1.807, 2.05) is 53.4 Å². The van der Waals surface area contributed by atoms with Gasteiger partial charge in [0.2, 0.25) is 11.8 Å². The highest BCUT2D eigenvalue weighted by Crippen LogP contribution is 2.38. The maximum atomic E-state index is 12.7. The maximum Gasteiger partial charge on any atom is 0.227 e. The highest BCUT2D eigenvalue weighted by Gasteiger charge is 2.26. The van der Waals surface area contributed by atoms with Gasteiger partial charge in [-0.1, -0.05) is 44.2 Å². The fraction of sp³-hybridized carbons (Fsp3) is 0.333. The van der Waals surface area contributed by atoms with Crippen molar-refractivity contribution < 1.29 is 9.59 Å². The second kappa shape index (κ2) is 8.41. The normalized spacial score (nSPS) is 16.1. The summed E-state index contributed by atoms with van der Waals surface area (Å²) < 4.78 is 0. The number of nitrogens with zero attached hydrogens (tertiary/aromatic N) is 1. The number of hydrogen-bond acceptors (Lipinski definition) is 3. The van der Waals surface area contributed by atoms with E-state index in [1.54, 1.807) is 11.8 Å². The molecular formula is C21H24N2O2S. The number of rotatable bonds is 5. The zero-order chi connectivity index (χ0) is 18.5. The van der Waals surface area contributed by atoms with Gasteiger partial charge in [-0.05, 0) is 30.2 Å². The van der Waals surface area contributed by atoms with Crippen LogP contribution in [-0.2, 0) is 16.0 Å². The maximum absolute atomic E-state index is 12.7. The van der Waals surface area contributed by atoms with Crippen LogP contribution in [-0.4, -0.2) is 23.6 Å². The van der Waals surface area contributed by atoms with Crippen LogP contribution in [0.5, 0.6) is 0 Å². The van der Waals surface area contributed by atoms with E-state index < -0.39 is 0 Å². The molecule has 0 saturated heterocycles. The summed E-state index contributed by atoms with van der Waals surface area (Å²) in [5.74, 6) is -0.115. The Morgan fingerprint density at radius 1 is 1.12 bits per heavy atom. The highest BCUT2D eigenvalue weighted by molar-refractivity contribution is 8.00. The Bertz CT molecular complexity index is 806. The van der Waals surface area contributed by atoms with Gasteiger partial charge >= 0.3 is 0 Å². The van der Waals surface area contributed by atoms with Crippen LogP contribution in [0, 0.1) is 0 Å². The summed E-state index contributed by atoms with van der Waals surface area (Å²) in [4.78, 5) is 28.0. The van der Waals surface area contributed by atoms with Crippen molar-refractivity contribution in [1.82, 2.24) is 0 Å². The number of fused-ring (bicyclic) bond motifs is 1. The van der Waals surface area contributed by atoms with Crippen LogP contribution in [0.1, 0.15) is 32.3 Å². The molecule has 1 heterocycles. The molecule has 2 aromatic rings. The van der Waals surface area contributed by atoms with Crippen LogP contribution in [0.2, 0.25) is 0 Å². The van der Waals surface area contributed by atoms with Crippen molar-refractivity contribution in [3.8, 4) is 0 Å². The Labute approximate surface area is 159 Å². The van der Waals surface area contributed by atoms with E-state index in [2.05, 4.69) is 19.2 Å².